The summed E-state index contributed by atoms with van der Waals surface area (Å²) in [6, 6.07) is 10.3. The SMILES string of the molecule is CN(CC(=O)Nc1ccccc1)C(=O)c1cncc(O)c1. The Kier molecular flexibility index (Phi) is 4.50. The molecule has 0 radical (unpaired) electrons. The average Bonchev–Trinajstić information content (AvgIpc) is 2.47. The molecule has 108 valence electrons. The summed E-state index contributed by atoms with van der Waals surface area (Å²) in [5, 5.41) is 12.0. The van der Waals surface area contributed by atoms with Gasteiger partial charge in [0.1, 0.15) is 5.75 Å². The molecule has 1 aromatic carbocycles. The van der Waals surface area contributed by atoms with E-state index in [0.717, 1.165) is 0 Å². The largest absolute Gasteiger partial charge is 0.506 e. The first kappa shape index (κ1) is 14.5. The van der Waals surface area contributed by atoms with Gasteiger partial charge in [0, 0.05) is 18.9 Å². The third kappa shape index (κ3) is 4.04. The quantitative estimate of drug-likeness (QED) is 0.891. The summed E-state index contributed by atoms with van der Waals surface area (Å²) in [4.78, 5) is 28.9. The molecular weight excluding hydrogens is 270 g/mol. The number of nitrogens with zero attached hydrogens (tertiary/aromatic N) is 2. The van der Waals surface area contributed by atoms with Gasteiger partial charge in [0.05, 0.1) is 18.3 Å². The zero-order chi connectivity index (χ0) is 15.2. The molecule has 0 saturated carbocycles. The third-order valence-corrected chi connectivity index (χ3v) is 2.76. The van der Waals surface area contributed by atoms with Crippen LogP contribution >= 0.6 is 0 Å². The molecule has 0 spiro atoms. The van der Waals surface area contributed by atoms with E-state index >= 15 is 0 Å². The van der Waals surface area contributed by atoms with Crippen LogP contribution in [0.1, 0.15) is 10.4 Å². The van der Waals surface area contributed by atoms with E-state index in [0.29, 0.717) is 5.69 Å². The summed E-state index contributed by atoms with van der Waals surface area (Å²) in [6.07, 6.45) is 2.58. The highest BCUT2D eigenvalue weighted by Gasteiger charge is 2.15. The topological polar surface area (TPSA) is 82.5 Å². The van der Waals surface area contributed by atoms with Gasteiger partial charge in [0.2, 0.25) is 5.91 Å². The number of amides is 2. The number of anilines is 1. The number of pyridine rings is 1. The Labute approximate surface area is 122 Å². The monoisotopic (exact) mass is 285 g/mol. The van der Waals surface area contributed by atoms with E-state index in [-0.39, 0.29) is 29.7 Å². The molecule has 2 N–H and O–H groups in total. The van der Waals surface area contributed by atoms with E-state index in [1.807, 2.05) is 18.2 Å². The van der Waals surface area contributed by atoms with Crippen molar-refractivity contribution in [1.29, 1.82) is 0 Å². The van der Waals surface area contributed by atoms with Crippen molar-refractivity contribution in [2.75, 3.05) is 18.9 Å². The molecule has 2 amide bonds. The van der Waals surface area contributed by atoms with Crippen molar-refractivity contribution >= 4 is 17.5 Å². The number of para-hydroxylation sites is 1. The van der Waals surface area contributed by atoms with Crippen LogP contribution < -0.4 is 5.32 Å². The Morgan fingerprint density at radius 2 is 1.95 bits per heavy atom. The maximum absolute atomic E-state index is 12.1. The lowest BCUT2D eigenvalue weighted by molar-refractivity contribution is -0.116. The molecule has 6 heteroatoms. The van der Waals surface area contributed by atoms with E-state index in [1.165, 1.54) is 30.4 Å². The first-order valence-electron chi connectivity index (χ1n) is 6.30. The maximum atomic E-state index is 12.1. The molecule has 2 aromatic rings. The van der Waals surface area contributed by atoms with Crippen molar-refractivity contribution in [3.63, 3.8) is 0 Å². The van der Waals surface area contributed by atoms with Gasteiger partial charge in [-0.2, -0.15) is 0 Å². The number of hydrogen-bond donors (Lipinski definition) is 2. The van der Waals surface area contributed by atoms with E-state index in [2.05, 4.69) is 10.3 Å². The van der Waals surface area contributed by atoms with Gasteiger partial charge in [-0.1, -0.05) is 18.2 Å². The zero-order valence-electron chi connectivity index (χ0n) is 11.5. The fourth-order valence-corrected chi connectivity index (χ4v) is 1.77. The molecule has 0 bridgehead atoms. The second kappa shape index (κ2) is 6.51. The predicted molar refractivity (Wildman–Crippen MR) is 77.9 cm³/mol. The first-order chi connectivity index (χ1) is 10.1. The second-order valence-corrected chi connectivity index (χ2v) is 4.51. The Morgan fingerprint density at radius 1 is 1.24 bits per heavy atom. The maximum Gasteiger partial charge on any atom is 0.255 e. The number of rotatable bonds is 4. The zero-order valence-corrected chi connectivity index (χ0v) is 11.5. The molecule has 0 unspecified atom stereocenters. The lowest BCUT2D eigenvalue weighted by atomic mass is 10.2. The number of carbonyl (C=O) groups is 2. The van der Waals surface area contributed by atoms with Crippen LogP contribution in [-0.4, -0.2) is 40.4 Å². The second-order valence-electron chi connectivity index (χ2n) is 4.51. The molecule has 1 heterocycles. The third-order valence-electron chi connectivity index (χ3n) is 2.76. The van der Waals surface area contributed by atoms with E-state index in [4.69, 9.17) is 0 Å². The van der Waals surface area contributed by atoms with E-state index in [1.54, 1.807) is 12.1 Å². The van der Waals surface area contributed by atoms with Crippen molar-refractivity contribution in [3.8, 4) is 5.75 Å². The molecule has 21 heavy (non-hydrogen) atoms. The standard InChI is InChI=1S/C15H15N3O3/c1-18(15(21)11-7-13(19)9-16-8-11)10-14(20)17-12-5-3-2-4-6-12/h2-9,19H,10H2,1H3,(H,17,20). The summed E-state index contributed by atoms with van der Waals surface area (Å²) in [6.45, 7) is -0.0939. The number of nitrogens with one attached hydrogen (secondary N) is 1. The predicted octanol–water partition coefficient (Wildman–Crippen LogP) is 1.50. The molecular formula is C15H15N3O3. The number of aromatic hydroxyl groups is 1. The van der Waals surface area contributed by atoms with E-state index < -0.39 is 0 Å². The van der Waals surface area contributed by atoms with Crippen LogP contribution in [0.3, 0.4) is 0 Å². The summed E-state index contributed by atoms with van der Waals surface area (Å²) in [5.41, 5.74) is 0.896. The van der Waals surface area contributed by atoms with Crippen LogP contribution in [0.5, 0.6) is 5.75 Å². The molecule has 1 aromatic heterocycles. The lowest BCUT2D eigenvalue weighted by Crippen LogP contribution is -2.34. The molecule has 0 aliphatic heterocycles. The first-order valence-corrected chi connectivity index (χ1v) is 6.30. The minimum Gasteiger partial charge on any atom is -0.506 e. The number of aromatic nitrogens is 1. The molecule has 0 saturated heterocycles. The van der Waals surface area contributed by atoms with Crippen LogP contribution in [0, 0.1) is 0 Å². The van der Waals surface area contributed by atoms with Gasteiger partial charge in [0.25, 0.3) is 5.91 Å². The number of likely N-dealkylation sites (N-methyl/N-ethyl adjacent to an activating group) is 1. The molecule has 6 nitrogen and oxygen atoms in total. The minimum absolute atomic E-state index is 0.0939. The highest BCUT2D eigenvalue weighted by atomic mass is 16.3. The average molecular weight is 285 g/mol. The van der Waals surface area contributed by atoms with Gasteiger partial charge in [-0.25, -0.2) is 0 Å². The molecule has 0 atom stereocenters. The van der Waals surface area contributed by atoms with Gasteiger partial charge >= 0.3 is 0 Å². The summed E-state index contributed by atoms with van der Waals surface area (Å²) >= 11 is 0. The van der Waals surface area contributed by atoms with Crippen molar-refractivity contribution < 1.29 is 14.7 Å². The highest BCUT2D eigenvalue weighted by Crippen LogP contribution is 2.10. The Balaban J connectivity index is 1.96. The molecule has 2 rings (SSSR count). The Morgan fingerprint density at radius 3 is 2.62 bits per heavy atom. The van der Waals surface area contributed by atoms with Crippen molar-refractivity contribution in [2.24, 2.45) is 0 Å². The smallest absolute Gasteiger partial charge is 0.255 e. The fourth-order valence-electron chi connectivity index (χ4n) is 1.77. The minimum atomic E-state index is -0.387. The molecule has 0 fully saturated rings. The van der Waals surface area contributed by atoms with Crippen LogP contribution in [0.15, 0.2) is 48.8 Å². The van der Waals surface area contributed by atoms with Gasteiger partial charge in [0.15, 0.2) is 0 Å². The number of hydrogen-bond acceptors (Lipinski definition) is 4. The fraction of sp³-hybridized carbons (Fsp3) is 0.133. The normalized spacial score (nSPS) is 9.95. The Bertz CT molecular complexity index is 644. The van der Waals surface area contributed by atoms with Gasteiger partial charge < -0.3 is 15.3 Å². The molecule has 0 aliphatic carbocycles. The van der Waals surface area contributed by atoms with Gasteiger partial charge in [-0.3, -0.25) is 14.6 Å². The summed E-state index contributed by atoms with van der Waals surface area (Å²) in [7, 11) is 1.51. The lowest BCUT2D eigenvalue weighted by Gasteiger charge is -2.16. The number of benzene rings is 1. The number of carbonyl (C=O) groups excluding carboxylic acids is 2. The van der Waals surface area contributed by atoms with Crippen molar-refractivity contribution in [1.82, 2.24) is 9.88 Å². The van der Waals surface area contributed by atoms with Gasteiger partial charge in [-0.05, 0) is 18.2 Å². The van der Waals surface area contributed by atoms with Crippen molar-refractivity contribution in [2.45, 2.75) is 0 Å². The van der Waals surface area contributed by atoms with Crippen LogP contribution in [0.4, 0.5) is 5.69 Å². The Hall–Kier alpha value is -2.89. The highest BCUT2D eigenvalue weighted by molar-refractivity contribution is 5.99. The van der Waals surface area contributed by atoms with Gasteiger partial charge in [-0.15, -0.1) is 0 Å². The summed E-state index contributed by atoms with van der Waals surface area (Å²) < 4.78 is 0. The van der Waals surface area contributed by atoms with Crippen LogP contribution in [-0.2, 0) is 4.79 Å². The van der Waals surface area contributed by atoms with Crippen LogP contribution in [0.2, 0.25) is 0 Å². The summed E-state index contributed by atoms with van der Waals surface area (Å²) in [5.74, 6) is -0.783. The van der Waals surface area contributed by atoms with Crippen molar-refractivity contribution in [3.05, 3.63) is 54.4 Å². The van der Waals surface area contributed by atoms with E-state index in [9.17, 15) is 14.7 Å². The van der Waals surface area contributed by atoms with Crippen LogP contribution in [0.25, 0.3) is 0 Å². The molecule has 0 aliphatic rings.